The molecule has 2 aliphatic carbocycles. The zero-order valence-corrected chi connectivity index (χ0v) is 12.0. The molecule has 2 nitrogen and oxygen atoms in total. The van der Waals surface area contributed by atoms with Gasteiger partial charge in [0, 0.05) is 24.1 Å². The van der Waals surface area contributed by atoms with Gasteiger partial charge in [-0.05, 0) is 32.1 Å². The zero-order chi connectivity index (χ0) is 12.5. The van der Waals surface area contributed by atoms with E-state index in [0.29, 0.717) is 17.6 Å². The number of hydrogen-bond donors (Lipinski definition) is 1. The summed E-state index contributed by atoms with van der Waals surface area (Å²) in [5.41, 5.74) is 0.316. The van der Waals surface area contributed by atoms with Gasteiger partial charge in [-0.25, -0.2) is 0 Å². The first kappa shape index (κ1) is 13.4. The Bertz CT molecular complexity index is 251. The van der Waals surface area contributed by atoms with E-state index in [1.54, 1.807) is 0 Å². The highest BCUT2D eigenvalue weighted by molar-refractivity contribution is 5.04. The normalized spacial score (nSPS) is 40.9. The molecule has 100 valence electrons. The Balaban J connectivity index is 1.80. The molecule has 0 aliphatic heterocycles. The van der Waals surface area contributed by atoms with Crippen LogP contribution in [0.25, 0.3) is 0 Å². The topological polar surface area (TPSA) is 21.3 Å². The third-order valence-corrected chi connectivity index (χ3v) is 4.92. The number of nitrogens with one attached hydrogen (secondary N) is 1. The van der Waals surface area contributed by atoms with E-state index < -0.39 is 0 Å². The van der Waals surface area contributed by atoms with Crippen molar-refractivity contribution in [1.29, 1.82) is 0 Å². The van der Waals surface area contributed by atoms with Crippen molar-refractivity contribution in [3.05, 3.63) is 0 Å². The van der Waals surface area contributed by atoms with Crippen LogP contribution in [0.5, 0.6) is 0 Å². The van der Waals surface area contributed by atoms with Crippen molar-refractivity contribution in [2.45, 2.75) is 78.0 Å². The van der Waals surface area contributed by atoms with E-state index in [-0.39, 0.29) is 0 Å². The van der Waals surface area contributed by atoms with E-state index in [1.165, 1.54) is 32.1 Å². The highest BCUT2D eigenvalue weighted by Crippen LogP contribution is 2.43. The third kappa shape index (κ3) is 2.85. The number of ether oxygens (including phenoxy) is 1. The predicted molar refractivity (Wildman–Crippen MR) is 72.2 cm³/mol. The zero-order valence-electron chi connectivity index (χ0n) is 12.0. The quantitative estimate of drug-likeness (QED) is 0.812. The molecule has 2 rings (SSSR count). The van der Waals surface area contributed by atoms with Crippen LogP contribution in [-0.4, -0.2) is 24.8 Å². The second kappa shape index (κ2) is 5.27. The predicted octanol–water partition coefficient (Wildman–Crippen LogP) is 3.36. The van der Waals surface area contributed by atoms with Gasteiger partial charge < -0.3 is 10.1 Å². The average molecular weight is 239 g/mol. The van der Waals surface area contributed by atoms with Crippen LogP contribution in [0.2, 0.25) is 0 Å². The molecule has 0 radical (unpaired) electrons. The molecule has 4 atom stereocenters. The summed E-state index contributed by atoms with van der Waals surface area (Å²) in [6.45, 7) is 10.0. The molecule has 0 amide bonds. The SMILES string of the molecule is CCOC1CC(NC2CCCC(C)C2)C1(C)C. The van der Waals surface area contributed by atoms with Gasteiger partial charge in [-0.1, -0.05) is 33.6 Å². The maximum atomic E-state index is 5.79. The molecule has 0 bridgehead atoms. The summed E-state index contributed by atoms with van der Waals surface area (Å²) < 4.78 is 5.79. The minimum Gasteiger partial charge on any atom is -0.378 e. The lowest BCUT2D eigenvalue weighted by Gasteiger charge is -2.53. The van der Waals surface area contributed by atoms with Gasteiger partial charge in [-0.3, -0.25) is 0 Å². The summed E-state index contributed by atoms with van der Waals surface area (Å²) in [5.74, 6) is 0.909. The van der Waals surface area contributed by atoms with E-state index in [2.05, 4.69) is 33.0 Å². The fraction of sp³-hybridized carbons (Fsp3) is 1.00. The first-order valence-corrected chi connectivity index (χ1v) is 7.41. The van der Waals surface area contributed by atoms with Gasteiger partial charge in [-0.15, -0.1) is 0 Å². The van der Waals surface area contributed by atoms with Crippen LogP contribution in [0.4, 0.5) is 0 Å². The molecular weight excluding hydrogens is 210 g/mol. The number of rotatable bonds is 4. The molecule has 0 spiro atoms. The molecule has 2 aliphatic rings. The Morgan fingerprint density at radius 2 is 2.00 bits per heavy atom. The van der Waals surface area contributed by atoms with Crippen molar-refractivity contribution in [3.8, 4) is 0 Å². The van der Waals surface area contributed by atoms with Crippen LogP contribution in [0, 0.1) is 11.3 Å². The lowest BCUT2D eigenvalue weighted by atomic mass is 9.64. The fourth-order valence-electron chi connectivity index (χ4n) is 3.52. The van der Waals surface area contributed by atoms with Crippen LogP contribution in [0.15, 0.2) is 0 Å². The van der Waals surface area contributed by atoms with Crippen LogP contribution < -0.4 is 5.32 Å². The molecule has 0 aromatic carbocycles. The Kier molecular flexibility index (Phi) is 4.14. The van der Waals surface area contributed by atoms with E-state index in [1.807, 2.05) is 0 Å². The highest BCUT2D eigenvalue weighted by atomic mass is 16.5. The molecule has 0 heterocycles. The Hall–Kier alpha value is -0.0800. The molecule has 0 saturated heterocycles. The highest BCUT2D eigenvalue weighted by Gasteiger charge is 2.49. The summed E-state index contributed by atoms with van der Waals surface area (Å²) in [5, 5.41) is 3.88. The third-order valence-electron chi connectivity index (χ3n) is 4.92. The van der Waals surface area contributed by atoms with Crippen molar-refractivity contribution in [3.63, 3.8) is 0 Å². The minimum absolute atomic E-state index is 0.316. The maximum Gasteiger partial charge on any atom is 0.0655 e. The molecule has 2 saturated carbocycles. The molecule has 0 aromatic heterocycles. The van der Waals surface area contributed by atoms with Crippen molar-refractivity contribution in [2.24, 2.45) is 11.3 Å². The second-order valence-electron chi connectivity index (χ2n) is 6.69. The van der Waals surface area contributed by atoms with Gasteiger partial charge in [0.15, 0.2) is 0 Å². The first-order valence-electron chi connectivity index (χ1n) is 7.41. The Morgan fingerprint density at radius 3 is 2.59 bits per heavy atom. The summed E-state index contributed by atoms with van der Waals surface area (Å²) in [6.07, 6.45) is 7.23. The van der Waals surface area contributed by atoms with Gasteiger partial charge in [0.05, 0.1) is 6.10 Å². The Morgan fingerprint density at radius 1 is 1.24 bits per heavy atom. The molecule has 1 N–H and O–H groups in total. The first-order chi connectivity index (χ1) is 8.04. The monoisotopic (exact) mass is 239 g/mol. The molecule has 2 heteroatoms. The fourth-order valence-corrected chi connectivity index (χ4v) is 3.52. The number of hydrogen-bond acceptors (Lipinski definition) is 2. The van der Waals surface area contributed by atoms with Crippen molar-refractivity contribution in [2.75, 3.05) is 6.61 Å². The van der Waals surface area contributed by atoms with Gasteiger partial charge in [0.2, 0.25) is 0 Å². The van der Waals surface area contributed by atoms with Gasteiger partial charge in [0.25, 0.3) is 0 Å². The minimum atomic E-state index is 0.316. The molecular formula is C15H29NO. The average Bonchev–Trinajstić information content (AvgIpc) is 2.28. The summed E-state index contributed by atoms with van der Waals surface area (Å²) >= 11 is 0. The van der Waals surface area contributed by atoms with Crippen LogP contribution in [0.1, 0.15) is 59.8 Å². The lowest BCUT2D eigenvalue weighted by molar-refractivity contribution is -0.117. The lowest BCUT2D eigenvalue weighted by Crippen LogP contribution is -2.63. The van der Waals surface area contributed by atoms with E-state index >= 15 is 0 Å². The van der Waals surface area contributed by atoms with Gasteiger partial charge >= 0.3 is 0 Å². The standard InChI is InChI=1S/C15H29NO/c1-5-17-14-10-13(15(14,3)4)16-12-8-6-7-11(2)9-12/h11-14,16H,5-10H2,1-4H3. The summed E-state index contributed by atoms with van der Waals surface area (Å²) in [7, 11) is 0. The van der Waals surface area contributed by atoms with Crippen LogP contribution in [0.3, 0.4) is 0 Å². The second-order valence-corrected chi connectivity index (χ2v) is 6.69. The van der Waals surface area contributed by atoms with Crippen molar-refractivity contribution in [1.82, 2.24) is 5.32 Å². The van der Waals surface area contributed by atoms with Crippen molar-refractivity contribution >= 4 is 0 Å². The molecule has 2 fully saturated rings. The summed E-state index contributed by atoms with van der Waals surface area (Å²) in [4.78, 5) is 0. The van der Waals surface area contributed by atoms with E-state index in [9.17, 15) is 0 Å². The molecule has 17 heavy (non-hydrogen) atoms. The van der Waals surface area contributed by atoms with Gasteiger partial charge in [-0.2, -0.15) is 0 Å². The molecule has 0 aromatic rings. The maximum absolute atomic E-state index is 5.79. The van der Waals surface area contributed by atoms with Crippen molar-refractivity contribution < 1.29 is 4.74 Å². The Labute approximate surface area is 107 Å². The largest absolute Gasteiger partial charge is 0.378 e. The van der Waals surface area contributed by atoms with Crippen LogP contribution >= 0.6 is 0 Å². The van der Waals surface area contributed by atoms with E-state index in [0.717, 1.165) is 18.6 Å². The van der Waals surface area contributed by atoms with E-state index in [4.69, 9.17) is 4.74 Å². The smallest absolute Gasteiger partial charge is 0.0655 e. The molecule has 4 unspecified atom stereocenters. The van der Waals surface area contributed by atoms with Gasteiger partial charge in [0.1, 0.15) is 0 Å². The van der Waals surface area contributed by atoms with Crippen LogP contribution in [-0.2, 0) is 4.74 Å². The summed E-state index contributed by atoms with van der Waals surface area (Å²) in [6, 6.07) is 1.42.